The highest BCUT2D eigenvalue weighted by molar-refractivity contribution is 8.16. The van der Waals surface area contributed by atoms with Crippen LogP contribution in [0.4, 0.5) is 5.69 Å². The lowest BCUT2D eigenvalue weighted by molar-refractivity contribution is -0.121. The lowest BCUT2D eigenvalue weighted by Crippen LogP contribution is -2.40. The Morgan fingerprint density at radius 3 is 2.90 bits per heavy atom. The molecule has 0 unspecified atom stereocenters. The zero-order chi connectivity index (χ0) is 20.5. The SMILES string of the molecule is O=C1COc2c(C3=CSC4=NCCN34)cc(Cl)cc2N1CCCCc1ccccc1. The van der Waals surface area contributed by atoms with Crippen molar-refractivity contribution < 1.29 is 9.53 Å². The number of benzene rings is 2. The van der Waals surface area contributed by atoms with Gasteiger partial charge in [0.15, 0.2) is 17.5 Å². The van der Waals surface area contributed by atoms with E-state index >= 15 is 0 Å². The first-order valence-electron chi connectivity index (χ1n) is 10.2. The van der Waals surface area contributed by atoms with Crippen molar-refractivity contribution in [2.24, 2.45) is 4.99 Å². The molecule has 2 aromatic rings. The molecule has 3 aliphatic heterocycles. The highest BCUT2D eigenvalue weighted by Gasteiger charge is 2.33. The van der Waals surface area contributed by atoms with E-state index in [-0.39, 0.29) is 12.5 Å². The van der Waals surface area contributed by atoms with E-state index in [1.807, 2.05) is 23.1 Å². The first kappa shape index (κ1) is 19.5. The lowest BCUT2D eigenvalue weighted by atomic mass is 10.1. The molecule has 0 spiro atoms. The first-order valence-corrected chi connectivity index (χ1v) is 11.5. The summed E-state index contributed by atoms with van der Waals surface area (Å²) >= 11 is 8.10. The van der Waals surface area contributed by atoms with Crippen LogP contribution in [-0.4, -0.2) is 42.2 Å². The molecule has 30 heavy (non-hydrogen) atoms. The third kappa shape index (κ3) is 3.70. The number of fused-ring (bicyclic) bond motifs is 2. The molecule has 0 radical (unpaired) electrons. The molecule has 1 amide bonds. The Kier molecular flexibility index (Phi) is 5.44. The van der Waals surface area contributed by atoms with Crippen molar-refractivity contribution in [3.05, 3.63) is 64.0 Å². The van der Waals surface area contributed by atoms with Crippen LogP contribution < -0.4 is 9.64 Å². The van der Waals surface area contributed by atoms with Gasteiger partial charge in [0.05, 0.1) is 17.9 Å². The van der Waals surface area contributed by atoms with Crippen molar-refractivity contribution in [3.63, 3.8) is 0 Å². The zero-order valence-corrected chi connectivity index (χ0v) is 18.1. The number of hydrogen-bond donors (Lipinski definition) is 0. The van der Waals surface area contributed by atoms with Crippen molar-refractivity contribution in [1.82, 2.24) is 4.90 Å². The Hall–Kier alpha value is -2.44. The second-order valence-electron chi connectivity index (χ2n) is 7.52. The number of amides is 1. The molecule has 0 saturated carbocycles. The quantitative estimate of drug-likeness (QED) is 0.606. The molecule has 5 nitrogen and oxygen atoms in total. The summed E-state index contributed by atoms with van der Waals surface area (Å²) in [4.78, 5) is 21.2. The highest BCUT2D eigenvalue weighted by atomic mass is 35.5. The van der Waals surface area contributed by atoms with Gasteiger partial charge in [0.1, 0.15) is 0 Å². The summed E-state index contributed by atoms with van der Waals surface area (Å²) in [5.41, 5.74) is 4.07. The van der Waals surface area contributed by atoms with Gasteiger partial charge < -0.3 is 14.5 Å². The van der Waals surface area contributed by atoms with Crippen molar-refractivity contribution in [2.75, 3.05) is 31.1 Å². The molecule has 2 aromatic carbocycles. The number of aryl methyl sites for hydroxylation is 1. The van der Waals surface area contributed by atoms with Crippen molar-refractivity contribution >= 4 is 45.8 Å². The third-order valence-corrected chi connectivity index (χ3v) is 6.67. The average Bonchev–Trinajstić information content (AvgIpc) is 3.36. The van der Waals surface area contributed by atoms with Crippen molar-refractivity contribution in [1.29, 1.82) is 0 Å². The van der Waals surface area contributed by atoms with Gasteiger partial charge in [-0.3, -0.25) is 9.79 Å². The molecule has 7 heteroatoms. The molecule has 0 aromatic heterocycles. The molecular formula is C23H22ClN3O2S. The second-order valence-corrected chi connectivity index (χ2v) is 8.79. The molecule has 0 fully saturated rings. The fourth-order valence-electron chi connectivity index (χ4n) is 4.09. The van der Waals surface area contributed by atoms with Gasteiger partial charge in [-0.05, 0) is 37.0 Å². The Bertz CT molecular complexity index is 1040. The number of aliphatic imine (C=N–C) groups is 1. The zero-order valence-electron chi connectivity index (χ0n) is 16.5. The van der Waals surface area contributed by atoms with Gasteiger partial charge in [-0.2, -0.15) is 0 Å². The molecule has 3 aliphatic rings. The fourth-order valence-corrected chi connectivity index (χ4v) is 5.26. The van der Waals surface area contributed by atoms with E-state index in [9.17, 15) is 4.79 Å². The maximum absolute atomic E-state index is 12.7. The molecule has 0 saturated heterocycles. The topological polar surface area (TPSA) is 45.1 Å². The Morgan fingerprint density at radius 1 is 1.17 bits per heavy atom. The number of anilines is 1. The number of nitrogens with zero attached hydrogens (tertiary/aromatic N) is 3. The molecule has 3 heterocycles. The van der Waals surface area contributed by atoms with E-state index in [1.54, 1.807) is 11.8 Å². The summed E-state index contributed by atoms with van der Waals surface area (Å²) in [5, 5.41) is 3.71. The summed E-state index contributed by atoms with van der Waals surface area (Å²) in [6.07, 6.45) is 2.95. The van der Waals surface area contributed by atoms with Gasteiger partial charge in [-0.15, -0.1) is 0 Å². The standard InChI is InChI=1S/C23H22ClN3O2S/c24-17-12-18(20-15-30-23-25-9-11-27(20)23)22-19(13-17)26(21(28)14-29-22)10-5-4-8-16-6-2-1-3-7-16/h1-3,6-7,12-13,15H,4-5,8-11,14H2. The fraction of sp³-hybridized carbons (Fsp3) is 0.304. The summed E-state index contributed by atoms with van der Waals surface area (Å²) in [5.74, 6) is 0.718. The smallest absolute Gasteiger partial charge is 0.265 e. The van der Waals surface area contributed by atoms with Crippen LogP contribution in [0.2, 0.25) is 5.02 Å². The number of unbranched alkanes of at least 4 members (excludes halogenated alkanes) is 1. The average molecular weight is 440 g/mol. The minimum Gasteiger partial charge on any atom is -0.481 e. The van der Waals surface area contributed by atoms with Gasteiger partial charge in [0, 0.05) is 29.1 Å². The lowest BCUT2D eigenvalue weighted by Gasteiger charge is -2.32. The molecule has 0 bridgehead atoms. The number of thioether (sulfide) groups is 1. The summed E-state index contributed by atoms with van der Waals surface area (Å²) in [6, 6.07) is 14.2. The van der Waals surface area contributed by atoms with Gasteiger partial charge in [0.25, 0.3) is 5.91 Å². The monoisotopic (exact) mass is 439 g/mol. The summed E-state index contributed by atoms with van der Waals surface area (Å²) in [6.45, 7) is 2.38. The van der Waals surface area contributed by atoms with Crippen LogP contribution in [0.15, 0.2) is 52.9 Å². The van der Waals surface area contributed by atoms with E-state index in [0.717, 1.165) is 60.2 Å². The van der Waals surface area contributed by atoms with Gasteiger partial charge in [0.2, 0.25) is 0 Å². The van der Waals surface area contributed by atoms with Gasteiger partial charge in [-0.1, -0.05) is 53.7 Å². The largest absolute Gasteiger partial charge is 0.481 e. The van der Waals surface area contributed by atoms with E-state index < -0.39 is 0 Å². The van der Waals surface area contributed by atoms with Crippen LogP contribution in [0.1, 0.15) is 24.0 Å². The van der Waals surface area contributed by atoms with E-state index in [0.29, 0.717) is 11.6 Å². The van der Waals surface area contributed by atoms with Crippen LogP contribution in [0.3, 0.4) is 0 Å². The van der Waals surface area contributed by atoms with Crippen molar-refractivity contribution in [2.45, 2.75) is 19.3 Å². The van der Waals surface area contributed by atoms with Crippen LogP contribution in [0.5, 0.6) is 5.75 Å². The number of carbonyl (C=O) groups excluding carboxylic acids is 1. The summed E-state index contributed by atoms with van der Waals surface area (Å²) in [7, 11) is 0. The number of hydrogen-bond acceptors (Lipinski definition) is 5. The maximum Gasteiger partial charge on any atom is 0.265 e. The van der Waals surface area contributed by atoms with Crippen LogP contribution in [-0.2, 0) is 11.2 Å². The Morgan fingerprint density at radius 2 is 2.03 bits per heavy atom. The Balaban J connectivity index is 1.36. The molecule has 154 valence electrons. The summed E-state index contributed by atoms with van der Waals surface area (Å²) < 4.78 is 5.92. The van der Waals surface area contributed by atoms with Crippen molar-refractivity contribution in [3.8, 4) is 5.75 Å². The second kappa shape index (κ2) is 8.36. The van der Waals surface area contributed by atoms with Crippen LogP contribution >= 0.6 is 23.4 Å². The predicted octanol–water partition coefficient (Wildman–Crippen LogP) is 4.81. The molecule has 0 aliphatic carbocycles. The number of amidine groups is 1. The first-order chi connectivity index (χ1) is 14.7. The van der Waals surface area contributed by atoms with Crippen LogP contribution in [0, 0.1) is 0 Å². The minimum atomic E-state index is -0.0198. The minimum absolute atomic E-state index is 0.0198. The maximum atomic E-state index is 12.7. The predicted molar refractivity (Wildman–Crippen MR) is 123 cm³/mol. The van der Waals surface area contributed by atoms with Gasteiger partial charge in [-0.25, -0.2) is 0 Å². The number of rotatable bonds is 6. The highest BCUT2D eigenvalue weighted by Crippen LogP contribution is 2.45. The molecular weight excluding hydrogens is 418 g/mol. The number of carbonyl (C=O) groups is 1. The molecule has 5 rings (SSSR count). The molecule has 0 N–H and O–H groups in total. The third-order valence-electron chi connectivity index (χ3n) is 5.55. The normalized spacial score (nSPS) is 17.4. The number of halogens is 1. The van der Waals surface area contributed by atoms with Crippen LogP contribution in [0.25, 0.3) is 5.70 Å². The van der Waals surface area contributed by atoms with E-state index in [4.69, 9.17) is 16.3 Å². The Labute approximate surface area is 185 Å². The molecule has 0 atom stereocenters. The van der Waals surface area contributed by atoms with E-state index in [2.05, 4.69) is 39.6 Å². The van der Waals surface area contributed by atoms with Gasteiger partial charge >= 0.3 is 0 Å². The number of ether oxygens (including phenoxy) is 1. The van der Waals surface area contributed by atoms with E-state index in [1.165, 1.54) is 5.56 Å².